The largest absolute Gasteiger partial charge is 0.351 e. The van der Waals surface area contributed by atoms with E-state index in [2.05, 4.69) is 16.7 Å². The lowest BCUT2D eigenvalue weighted by molar-refractivity contribution is -0.123. The molecule has 0 aromatic heterocycles. The molecular formula is C10H17N3O. The van der Waals surface area contributed by atoms with Gasteiger partial charge in [-0.2, -0.15) is 5.26 Å². The van der Waals surface area contributed by atoms with Crippen LogP contribution in [0.1, 0.15) is 32.6 Å². The van der Waals surface area contributed by atoms with E-state index in [1.807, 2.05) is 6.92 Å². The monoisotopic (exact) mass is 195 g/mol. The normalized spacial score (nSPS) is 22.7. The lowest BCUT2D eigenvalue weighted by atomic mass is 10.1. The zero-order valence-electron chi connectivity index (χ0n) is 8.55. The molecule has 0 aromatic rings. The molecule has 1 aliphatic heterocycles. The van der Waals surface area contributed by atoms with Crippen LogP contribution in [0.15, 0.2) is 0 Å². The van der Waals surface area contributed by atoms with Crippen molar-refractivity contribution in [3.8, 4) is 6.07 Å². The van der Waals surface area contributed by atoms with Gasteiger partial charge in [-0.15, -0.1) is 0 Å². The van der Waals surface area contributed by atoms with Crippen LogP contribution in [0.25, 0.3) is 0 Å². The first-order chi connectivity index (χ1) is 6.77. The fourth-order valence-corrected chi connectivity index (χ4v) is 1.62. The Morgan fingerprint density at radius 3 is 3.07 bits per heavy atom. The number of hydrogen-bond donors (Lipinski definition) is 2. The molecule has 14 heavy (non-hydrogen) atoms. The number of rotatable bonds is 4. The highest BCUT2D eigenvalue weighted by atomic mass is 16.2. The molecule has 0 aliphatic carbocycles. The van der Waals surface area contributed by atoms with E-state index < -0.39 is 0 Å². The van der Waals surface area contributed by atoms with E-state index in [0.717, 1.165) is 25.8 Å². The molecule has 78 valence electrons. The van der Waals surface area contributed by atoms with Gasteiger partial charge in [0.1, 0.15) is 0 Å². The molecule has 2 atom stereocenters. The Balaban J connectivity index is 2.34. The lowest BCUT2D eigenvalue weighted by Crippen LogP contribution is -2.44. The summed E-state index contributed by atoms with van der Waals surface area (Å²) in [6.07, 6.45) is 3.18. The first kappa shape index (κ1) is 11.0. The Hall–Kier alpha value is -1.08. The van der Waals surface area contributed by atoms with Crippen LogP contribution in [0, 0.1) is 11.3 Å². The topological polar surface area (TPSA) is 64.9 Å². The van der Waals surface area contributed by atoms with Crippen LogP contribution in [-0.2, 0) is 4.79 Å². The Labute approximate surface area is 84.7 Å². The van der Waals surface area contributed by atoms with Crippen molar-refractivity contribution in [2.24, 2.45) is 0 Å². The summed E-state index contributed by atoms with van der Waals surface area (Å²) in [5, 5.41) is 14.5. The summed E-state index contributed by atoms with van der Waals surface area (Å²) in [6.45, 7) is 2.90. The third-order valence-electron chi connectivity index (χ3n) is 2.55. The number of nitrogens with zero attached hydrogens (tertiary/aromatic N) is 1. The molecule has 1 saturated heterocycles. The molecule has 0 aromatic carbocycles. The molecule has 0 spiro atoms. The number of carbonyl (C=O) groups is 1. The third-order valence-corrected chi connectivity index (χ3v) is 2.55. The van der Waals surface area contributed by atoms with Crippen molar-refractivity contribution in [2.75, 3.05) is 6.54 Å². The maximum Gasteiger partial charge on any atom is 0.237 e. The second-order valence-electron chi connectivity index (χ2n) is 3.62. The summed E-state index contributed by atoms with van der Waals surface area (Å²) < 4.78 is 0. The zero-order valence-corrected chi connectivity index (χ0v) is 8.55. The van der Waals surface area contributed by atoms with Gasteiger partial charge >= 0.3 is 0 Å². The summed E-state index contributed by atoms with van der Waals surface area (Å²) in [7, 11) is 0. The van der Waals surface area contributed by atoms with Crippen molar-refractivity contribution < 1.29 is 4.79 Å². The molecule has 0 radical (unpaired) electrons. The maximum absolute atomic E-state index is 11.6. The molecule has 4 heteroatoms. The van der Waals surface area contributed by atoms with Crippen LogP contribution < -0.4 is 10.6 Å². The van der Waals surface area contributed by atoms with E-state index in [1.165, 1.54) is 0 Å². The van der Waals surface area contributed by atoms with Crippen LogP contribution >= 0.6 is 0 Å². The molecule has 0 bridgehead atoms. The van der Waals surface area contributed by atoms with Crippen molar-refractivity contribution in [3.05, 3.63) is 0 Å². The van der Waals surface area contributed by atoms with Gasteiger partial charge in [0.15, 0.2) is 0 Å². The summed E-state index contributed by atoms with van der Waals surface area (Å²) >= 11 is 0. The van der Waals surface area contributed by atoms with Crippen LogP contribution in [0.5, 0.6) is 0 Å². The molecule has 1 rings (SSSR count). The Morgan fingerprint density at radius 1 is 1.79 bits per heavy atom. The van der Waals surface area contributed by atoms with Gasteiger partial charge in [0.05, 0.1) is 18.5 Å². The molecular weight excluding hydrogens is 178 g/mol. The molecule has 2 N–H and O–H groups in total. The number of hydrogen-bond acceptors (Lipinski definition) is 3. The van der Waals surface area contributed by atoms with E-state index in [4.69, 9.17) is 5.26 Å². The maximum atomic E-state index is 11.6. The van der Waals surface area contributed by atoms with Gasteiger partial charge < -0.3 is 10.6 Å². The van der Waals surface area contributed by atoms with E-state index >= 15 is 0 Å². The van der Waals surface area contributed by atoms with Crippen LogP contribution in [0.4, 0.5) is 0 Å². The highest BCUT2D eigenvalue weighted by Gasteiger charge is 2.23. The van der Waals surface area contributed by atoms with Gasteiger partial charge in [-0.1, -0.05) is 6.92 Å². The Kier molecular flexibility index (Phi) is 4.41. The predicted molar refractivity (Wildman–Crippen MR) is 53.5 cm³/mol. The standard InChI is InChI=1S/C10H17N3O/c1-2-8(5-6-11)13-10(14)9-4-3-7-12-9/h8-9,12H,2-5,7H2,1H3,(H,13,14). The molecule has 1 fully saturated rings. The van der Waals surface area contributed by atoms with Crippen molar-refractivity contribution in [3.63, 3.8) is 0 Å². The van der Waals surface area contributed by atoms with E-state index in [1.54, 1.807) is 0 Å². The van der Waals surface area contributed by atoms with Gasteiger partial charge in [0.2, 0.25) is 5.91 Å². The Morgan fingerprint density at radius 2 is 2.57 bits per heavy atom. The van der Waals surface area contributed by atoms with Crippen molar-refractivity contribution in [1.82, 2.24) is 10.6 Å². The fraction of sp³-hybridized carbons (Fsp3) is 0.800. The number of nitrogens with one attached hydrogen (secondary N) is 2. The first-order valence-electron chi connectivity index (χ1n) is 5.18. The van der Waals surface area contributed by atoms with Crippen molar-refractivity contribution >= 4 is 5.91 Å². The van der Waals surface area contributed by atoms with E-state index in [9.17, 15) is 4.79 Å². The lowest BCUT2D eigenvalue weighted by Gasteiger charge is -2.16. The first-order valence-corrected chi connectivity index (χ1v) is 5.18. The molecule has 4 nitrogen and oxygen atoms in total. The minimum atomic E-state index is -0.0391. The van der Waals surface area contributed by atoms with E-state index in [-0.39, 0.29) is 18.0 Å². The number of nitriles is 1. The van der Waals surface area contributed by atoms with Crippen LogP contribution in [-0.4, -0.2) is 24.5 Å². The van der Waals surface area contributed by atoms with Gasteiger partial charge in [-0.25, -0.2) is 0 Å². The smallest absolute Gasteiger partial charge is 0.237 e. The summed E-state index contributed by atoms with van der Waals surface area (Å²) in [4.78, 5) is 11.6. The summed E-state index contributed by atoms with van der Waals surface area (Å²) in [5.41, 5.74) is 0. The second kappa shape index (κ2) is 5.61. The average molecular weight is 195 g/mol. The number of carbonyl (C=O) groups excluding carboxylic acids is 1. The summed E-state index contributed by atoms with van der Waals surface area (Å²) in [6, 6.07) is 2.05. The third kappa shape index (κ3) is 3.00. The van der Waals surface area contributed by atoms with Crippen molar-refractivity contribution in [1.29, 1.82) is 5.26 Å². The minimum absolute atomic E-state index is 0.00917. The highest BCUT2D eigenvalue weighted by molar-refractivity contribution is 5.82. The molecule has 2 unspecified atom stereocenters. The fourth-order valence-electron chi connectivity index (χ4n) is 1.62. The quantitative estimate of drug-likeness (QED) is 0.688. The highest BCUT2D eigenvalue weighted by Crippen LogP contribution is 2.06. The second-order valence-corrected chi connectivity index (χ2v) is 3.62. The van der Waals surface area contributed by atoms with Gasteiger partial charge in [-0.3, -0.25) is 4.79 Å². The van der Waals surface area contributed by atoms with Crippen LogP contribution in [0.3, 0.4) is 0 Å². The van der Waals surface area contributed by atoms with Crippen molar-refractivity contribution in [2.45, 2.75) is 44.7 Å². The van der Waals surface area contributed by atoms with Crippen LogP contribution in [0.2, 0.25) is 0 Å². The SMILES string of the molecule is CCC(CC#N)NC(=O)C1CCCN1. The van der Waals surface area contributed by atoms with Gasteiger partial charge in [0.25, 0.3) is 0 Å². The minimum Gasteiger partial charge on any atom is -0.351 e. The Bertz CT molecular complexity index is 228. The van der Waals surface area contributed by atoms with Gasteiger partial charge in [0, 0.05) is 6.04 Å². The predicted octanol–water partition coefficient (Wildman–Crippen LogP) is 0.547. The zero-order chi connectivity index (χ0) is 10.4. The average Bonchev–Trinajstić information content (AvgIpc) is 2.69. The van der Waals surface area contributed by atoms with Gasteiger partial charge in [-0.05, 0) is 25.8 Å². The molecule has 0 saturated carbocycles. The molecule has 1 aliphatic rings. The molecule has 1 amide bonds. The number of amides is 1. The molecule has 1 heterocycles. The summed E-state index contributed by atoms with van der Waals surface area (Å²) in [5.74, 6) is 0.0459. The van der Waals surface area contributed by atoms with E-state index in [0.29, 0.717) is 6.42 Å².